The van der Waals surface area contributed by atoms with Crippen LogP contribution in [0, 0.1) is 0 Å². The van der Waals surface area contributed by atoms with Crippen LogP contribution in [-0.4, -0.2) is 47.8 Å². The summed E-state index contributed by atoms with van der Waals surface area (Å²) in [4.78, 5) is 28.3. The van der Waals surface area contributed by atoms with Crippen molar-refractivity contribution in [2.45, 2.75) is 26.2 Å². The lowest BCUT2D eigenvalue weighted by molar-refractivity contribution is -0.131. The molecule has 1 aromatic carbocycles. The Balaban J connectivity index is 2.01. The van der Waals surface area contributed by atoms with E-state index >= 15 is 0 Å². The molecule has 5 heteroatoms. The Morgan fingerprint density at radius 1 is 1.10 bits per heavy atom. The monoisotopic (exact) mass is 352 g/mol. The minimum absolute atomic E-state index is 0.0345. The lowest BCUT2D eigenvalue weighted by atomic mass is 10.2. The Morgan fingerprint density at radius 3 is 2.48 bits per heavy atom. The van der Waals surface area contributed by atoms with Gasteiger partial charge in [0.2, 0.25) is 5.91 Å². The first kappa shape index (κ1) is 16.0. The van der Waals surface area contributed by atoms with Crippen LogP contribution in [0.25, 0.3) is 0 Å². The highest BCUT2D eigenvalue weighted by Gasteiger charge is 2.23. The number of carbonyl (C=O) groups excluding carboxylic acids is 2. The summed E-state index contributed by atoms with van der Waals surface area (Å²) in [7, 11) is 0. The molecule has 0 bridgehead atoms. The van der Waals surface area contributed by atoms with Crippen LogP contribution in [0.1, 0.15) is 36.5 Å². The summed E-state index contributed by atoms with van der Waals surface area (Å²) >= 11 is 3.43. The summed E-state index contributed by atoms with van der Waals surface area (Å²) in [5.74, 6) is 0.236. The van der Waals surface area contributed by atoms with Gasteiger partial charge in [0.05, 0.1) is 5.56 Å². The molecule has 1 aliphatic rings. The highest BCUT2D eigenvalue weighted by molar-refractivity contribution is 9.10. The lowest BCUT2D eigenvalue weighted by Gasteiger charge is -2.22. The van der Waals surface area contributed by atoms with Crippen molar-refractivity contribution < 1.29 is 9.59 Å². The van der Waals surface area contributed by atoms with E-state index < -0.39 is 0 Å². The van der Waals surface area contributed by atoms with Gasteiger partial charge in [0, 0.05) is 37.1 Å². The predicted octanol–water partition coefficient (Wildman–Crippen LogP) is 2.92. The molecule has 0 unspecified atom stereocenters. The van der Waals surface area contributed by atoms with E-state index in [1.54, 1.807) is 0 Å². The number of hydrogen-bond donors (Lipinski definition) is 0. The summed E-state index contributed by atoms with van der Waals surface area (Å²) in [6.07, 6.45) is 2.30. The van der Waals surface area contributed by atoms with E-state index in [0.29, 0.717) is 31.6 Å². The zero-order chi connectivity index (χ0) is 15.2. The molecule has 1 aliphatic heterocycles. The fraction of sp³-hybridized carbons (Fsp3) is 0.500. The van der Waals surface area contributed by atoms with Crippen LogP contribution in [-0.2, 0) is 4.79 Å². The Kier molecular flexibility index (Phi) is 5.79. The van der Waals surface area contributed by atoms with Gasteiger partial charge in [-0.3, -0.25) is 9.59 Å². The third-order valence-corrected chi connectivity index (χ3v) is 4.40. The molecule has 0 spiro atoms. The molecule has 2 rings (SSSR count). The first-order valence-electron chi connectivity index (χ1n) is 7.45. The second kappa shape index (κ2) is 7.59. The Morgan fingerprint density at radius 2 is 1.76 bits per heavy atom. The lowest BCUT2D eigenvalue weighted by Crippen LogP contribution is -2.37. The summed E-state index contributed by atoms with van der Waals surface area (Å²) < 4.78 is 0.818. The number of benzene rings is 1. The largest absolute Gasteiger partial charge is 0.341 e. The third kappa shape index (κ3) is 4.06. The maximum Gasteiger partial charge on any atom is 0.255 e. The summed E-state index contributed by atoms with van der Waals surface area (Å²) in [5, 5.41) is 0. The zero-order valence-corrected chi connectivity index (χ0v) is 13.9. The maximum atomic E-state index is 12.6. The van der Waals surface area contributed by atoms with Crippen molar-refractivity contribution >= 4 is 27.7 Å². The minimum Gasteiger partial charge on any atom is -0.341 e. The quantitative estimate of drug-likeness (QED) is 0.838. The van der Waals surface area contributed by atoms with E-state index in [1.807, 2.05) is 41.0 Å². The standard InChI is InChI=1S/C16H21BrN2O2/c1-2-6-15(20)18-9-5-10-19(12-11-18)16(21)13-7-3-4-8-14(13)17/h3-4,7-8H,2,5-6,9-12H2,1H3. The molecule has 0 radical (unpaired) electrons. The van der Waals surface area contributed by atoms with Crippen LogP contribution in [0.5, 0.6) is 0 Å². The fourth-order valence-electron chi connectivity index (χ4n) is 2.55. The molecule has 1 saturated heterocycles. The zero-order valence-electron chi connectivity index (χ0n) is 12.3. The van der Waals surface area contributed by atoms with E-state index in [2.05, 4.69) is 15.9 Å². The molecule has 0 aliphatic carbocycles. The Labute approximate surface area is 134 Å². The van der Waals surface area contributed by atoms with Crippen LogP contribution >= 0.6 is 15.9 Å². The second-order valence-electron chi connectivity index (χ2n) is 5.26. The number of hydrogen-bond acceptors (Lipinski definition) is 2. The second-order valence-corrected chi connectivity index (χ2v) is 6.11. The fourth-order valence-corrected chi connectivity index (χ4v) is 3.00. The maximum absolute atomic E-state index is 12.6. The number of rotatable bonds is 3. The van der Waals surface area contributed by atoms with Crippen LogP contribution < -0.4 is 0 Å². The third-order valence-electron chi connectivity index (χ3n) is 3.70. The van der Waals surface area contributed by atoms with Crippen molar-refractivity contribution in [2.75, 3.05) is 26.2 Å². The molecule has 21 heavy (non-hydrogen) atoms. The van der Waals surface area contributed by atoms with Crippen molar-refractivity contribution in [1.29, 1.82) is 0 Å². The molecule has 1 heterocycles. The molecule has 0 aromatic heterocycles. The van der Waals surface area contributed by atoms with Gasteiger partial charge in [-0.25, -0.2) is 0 Å². The van der Waals surface area contributed by atoms with Gasteiger partial charge in [0.1, 0.15) is 0 Å². The van der Waals surface area contributed by atoms with Gasteiger partial charge in [-0.05, 0) is 40.9 Å². The van der Waals surface area contributed by atoms with Gasteiger partial charge in [-0.2, -0.15) is 0 Å². The molecule has 0 atom stereocenters. The van der Waals surface area contributed by atoms with Crippen LogP contribution in [0.4, 0.5) is 0 Å². The number of halogens is 1. The SMILES string of the molecule is CCCC(=O)N1CCCN(C(=O)c2ccccc2Br)CC1. The number of nitrogens with zero attached hydrogens (tertiary/aromatic N) is 2. The Bertz CT molecular complexity index is 519. The van der Waals surface area contributed by atoms with Gasteiger partial charge >= 0.3 is 0 Å². The van der Waals surface area contributed by atoms with Gasteiger partial charge in [-0.1, -0.05) is 19.1 Å². The van der Waals surface area contributed by atoms with E-state index in [1.165, 1.54) is 0 Å². The molecule has 0 saturated carbocycles. The molecule has 114 valence electrons. The van der Waals surface area contributed by atoms with Crippen molar-refractivity contribution in [3.63, 3.8) is 0 Å². The highest BCUT2D eigenvalue weighted by Crippen LogP contribution is 2.19. The number of carbonyl (C=O) groups is 2. The molecule has 4 nitrogen and oxygen atoms in total. The van der Waals surface area contributed by atoms with Crippen molar-refractivity contribution in [3.05, 3.63) is 34.3 Å². The topological polar surface area (TPSA) is 40.6 Å². The van der Waals surface area contributed by atoms with Gasteiger partial charge < -0.3 is 9.80 Å². The molecule has 2 amide bonds. The molecule has 1 fully saturated rings. The minimum atomic E-state index is 0.0345. The van der Waals surface area contributed by atoms with Gasteiger partial charge in [0.25, 0.3) is 5.91 Å². The van der Waals surface area contributed by atoms with Crippen LogP contribution in [0.3, 0.4) is 0 Å². The molecular weight excluding hydrogens is 332 g/mol. The van der Waals surface area contributed by atoms with E-state index in [4.69, 9.17) is 0 Å². The first-order valence-corrected chi connectivity index (χ1v) is 8.24. The van der Waals surface area contributed by atoms with Crippen molar-refractivity contribution in [1.82, 2.24) is 9.80 Å². The summed E-state index contributed by atoms with van der Waals surface area (Å²) in [5.41, 5.74) is 0.686. The van der Waals surface area contributed by atoms with Gasteiger partial charge in [0.15, 0.2) is 0 Å². The first-order chi connectivity index (χ1) is 10.1. The van der Waals surface area contributed by atoms with E-state index in [-0.39, 0.29) is 11.8 Å². The smallest absolute Gasteiger partial charge is 0.255 e. The summed E-state index contributed by atoms with van der Waals surface area (Å²) in [6, 6.07) is 7.47. The van der Waals surface area contributed by atoms with E-state index in [9.17, 15) is 9.59 Å². The van der Waals surface area contributed by atoms with Crippen molar-refractivity contribution in [2.24, 2.45) is 0 Å². The van der Waals surface area contributed by atoms with Gasteiger partial charge in [-0.15, -0.1) is 0 Å². The number of amides is 2. The normalized spacial score (nSPS) is 15.7. The molecule has 0 N–H and O–H groups in total. The van der Waals surface area contributed by atoms with Crippen LogP contribution in [0.2, 0.25) is 0 Å². The van der Waals surface area contributed by atoms with E-state index in [0.717, 1.165) is 23.9 Å². The molecule has 1 aromatic rings. The Hall–Kier alpha value is -1.36. The average molecular weight is 353 g/mol. The average Bonchev–Trinajstić information content (AvgIpc) is 2.73. The predicted molar refractivity (Wildman–Crippen MR) is 86.2 cm³/mol. The summed E-state index contributed by atoms with van der Waals surface area (Å²) in [6.45, 7) is 4.71. The molecular formula is C16H21BrN2O2. The van der Waals surface area contributed by atoms with Crippen LogP contribution in [0.15, 0.2) is 28.7 Å². The van der Waals surface area contributed by atoms with Crippen molar-refractivity contribution in [3.8, 4) is 0 Å². The highest BCUT2D eigenvalue weighted by atomic mass is 79.9.